The van der Waals surface area contributed by atoms with Gasteiger partial charge in [0.05, 0.1) is 4.47 Å². The monoisotopic (exact) mass is 347 g/mol. The van der Waals surface area contributed by atoms with Gasteiger partial charge < -0.3 is 5.32 Å². The van der Waals surface area contributed by atoms with Crippen LogP contribution in [-0.4, -0.2) is 6.54 Å². The van der Waals surface area contributed by atoms with Crippen molar-refractivity contribution in [2.24, 2.45) is 0 Å². The van der Waals surface area contributed by atoms with Crippen molar-refractivity contribution in [3.63, 3.8) is 0 Å². The van der Waals surface area contributed by atoms with Crippen LogP contribution >= 0.6 is 15.9 Å². The van der Waals surface area contributed by atoms with E-state index in [1.54, 1.807) is 6.07 Å². The highest BCUT2D eigenvalue weighted by Crippen LogP contribution is 2.44. The number of hydrogen-bond donors (Lipinski definition) is 1. The topological polar surface area (TPSA) is 12.0 Å². The van der Waals surface area contributed by atoms with Crippen molar-refractivity contribution in [3.8, 4) is 0 Å². The number of nitrogens with one attached hydrogen (secondary N) is 1. The molecule has 0 fully saturated rings. The molecule has 1 aliphatic carbocycles. The van der Waals surface area contributed by atoms with Gasteiger partial charge in [-0.1, -0.05) is 43.3 Å². The summed E-state index contributed by atoms with van der Waals surface area (Å²) in [6.07, 6.45) is 2.06. The fourth-order valence-corrected chi connectivity index (χ4v) is 3.51. The minimum absolute atomic E-state index is 0.0392. The Morgan fingerprint density at radius 1 is 1.24 bits per heavy atom. The molecule has 21 heavy (non-hydrogen) atoms. The number of benzene rings is 2. The zero-order chi connectivity index (χ0) is 14.8. The normalized spacial score (nSPS) is 18.0. The third kappa shape index (κ3) is 2.77. The Morgan fingerprint density at radius 3 is 2.81 bits per heavy atom. The van der Waals surface area contributed by atoms with Crippen molar-refractivity contribution in [2.75, 3.05) is 6.54 Å². The van der Waals surface area contributed by atoms with Crippen LogP contribution in [0.3, 0.4) is 0 Å². The molecule has 0 amide bonds. The summed E-state index contributed by atoms with van der Waals surface area (Å²) in [6.45, 7) is 3.03. The molecule has 0 aliphatic heterocycles. The molecule has 0 saturated carbocycles. The van der Waals surface area contributed by atoms with Crippen molar-refractivity contribution in [3.05, 3.63) is 69.4 Å². The molecule has 110 valence electrons. The van der Waals surface area contributed by atoms with Crippen LogP contribution in [-0.2, 0) is 6.42 Å². The fraction of sp³-hybridized carbons (Fsp3) is 0.333. The lowest BCUT2D eigenvalue weighted by atomic mass is 9.71. The smallest absolute Gasteiger partial charge is 0.142 e. The molecule has 2 unspecified atom stereocenters. The SMILES string of the molecule is CCCNC(c1cccc(Br)c1F)C1Cc2ccccc21. The summed E-state index contributed by atoms with van der Waals surface area (Å²) in [7, 11) is 0. The van der Waals surface area contributed by atoms with Crippen LogP contribution in [0.4, 0.5) is 4.39 Å². The van der Waals surface area contributed by atoms with Crippen molar-refractivity contribution < 1.29 is 4.39 Å². The van der Waals surface area contributed by atoms with E-state index in [0.29, 0.717) is 10.4 Å². The lowest BCUT2D eigenvalue weighted by Crippen LogP contribution is -2.34. The van der Waals surface area contributed by atoms with E-state index in [0.717, 1.165) is 24.9 Å². The first kappa shape index (κ1) is 14.7. The molecule has 1 N–H and O–H groups in total. The molecular weight excluding hydrogens is 329 g/mol. The molecule has 0 saturated heterocycles. The van der Waals surface area contributed by atoms with Gasteiger partial charge in [-0.25, -0.2) is 4.39 Å². The summed E-state index contributed by atoms with van der Waals surface area (Å²) in [5.41, 5.74) is 3.50. The lowest BCUT2D eigenvalue weighted by molar-refractivity contribution is 0.397. The summed E-state index contributed by atoms with van der Waals surface area (Å²) in [5, 5.41) is 3.54. The first-order valence-corrected chi connectivity index (χ1v) is 8.26. The Kier molecular flexibility index (Phi) is 4.41. The Labute approximate surface area is 133 Å². The summed E-state index contributed by atoms with van der Waals surface area (Å²) in [4.78, 5) is 0. The zero-order valence-corrected chi connectivity index (χ0v) is 13.7. The van der Waals surface area contributed by atoms with Crippen molar-refractivity contribution in [1.82, 2.24) is 5.32 Å². The van der Waals surface area contributed by atoms with E-state index >= 15 is 0 Å². The average molecular weight is 348 g/mol. The highest BCUT2D eigenvalue weighted by atomic mass is 79.9. The summed E-state index contributed by atoms with van der Waals surface area (Å²) >= 11 is 3.30. The molecule has 0 aromatic heterocycles. The first-order chi connectivity index (χ1) is 10.2. The van der Waals surface area contributed by atoms with Crippen LogP contribution < -0.4 is 5.32 Å². The molecule has 0 heterocycles. The van der Waals surface area contributed by atoms with Gasteiger partial charge in [0.2, 0.25) is 0 Å². The Morgan fingerprint density at radius 2 is 2.05 bits per heavy atom. The van der Waals surface area contributed by atoms with E-state index in [2.05, 4.69) is 52.4 Å². The molecule has 2 aromatic rings. The molecular formula is C18H19BrFN. The average Bonchev–Trinajstić information content (AvgIpc) is 2.47. The summed E-state index contributed by atoms with van der Waals surface area (Å²) in [6, 6.07) is 14.1. The van der Waals surface area contributed by atoms with Crippen LogP contribution in [0.5, 0.6) is 0 Å². The van der Waals surface area contributed by atoms with E-state index in [9.17, 15) is 4.39 Å². The van der Waals surface area contributed by atoms with Gasteiger partial charge in [-0.2, -0.15) is 0 Å². The maximum atomic E-state index is 14.5. The van der Waals surface area contributed by atoms with Crippen LogP contribution in [0.1, 0.15) is 42.0 Å². The lowest BCUT2D eigenvalue weighted by Gasteiger charge is -2.37. The molecule has 3 heteroatoms. The van der Waals surface area contributed by atoms with E-state index in [-0.39, 0.29) is 11.9 Å². The van der Waals surface area contributed by atoms with Gasteiger partial charge in [0.1, 0.15) is 5.82 Å². The largest absolute Gasteiger partial charge is 0.309 e. The van der Waals surface area contributed by atoms with Crippen LogP contribution in [0.25, 0.3) is 0 Å². The van der Waals surface area contributed by atoms with Gasteiger partial charge in [-0.3, -0.25) is 0 Å². The Bertz CT molecular complexity index is 641. The maximum Gasteiger partial charge on any atom is 0.142 e. The second-order valence-corrected chi connectivity index (χ2v) is 6.44. The van der Waals surface area contributed by atoms with Gasteiger partial charge in [-0.15, -0.1) is 0 Å². The molecule has 0 bridgehead atoms. The van der Waals surface area contributed by atoms with Crippen molar-refractivity contribution in [1.29, 1.82) is 0 Å². The second kappa shape index (κ2) is 6.29. The molecule has 2 aromatic carbocycles. The number of hydrogen-bond acceptors (Lipinski definition) is 1. The minimum atomic E-state index is -0.143. The minimum Gasteiger partial charge on any atom is -0.309 e. The van der Waals surface area contributed by atoms with Gasteiger partial charge in [0.25, 0.3) is 0 Å². The third-order valence-corrected chi connectivity index (χ3v) is 4.84. The van der Waals surface area contributed by atoms with E-state index < -0.39 is 0 Å². The summed E-state index contributed by atoms with van der Waals surface area (Å²) in [5.74, 6) is 0.215. The van der Waals surface area contributed by atoms with Crippen molar-refractivity contribution >= 4 is 15.9 Å². The zero-order valence-electron chi connectivity index (χ0n) is 12.1. The van der Waals surface area contributed by atoms with E-state index in [1.807, 2.05) is 12.1 Å². The van der Waals surface area contributed by atoms with Gasteiger partial charge in [-0.05, 0) is 52.5 Å². The highest BCUT2D eigenvalue weighted by Gasteiger charge is 2.34. The predicted octanol–water partition coefficient (Wildman–Crippen LogP) is 4.97. The Hall–Kier alpha value is -1.19. The predicted molar refractivity (Wildman–Crippen MR) is 88.0 cm³/mol. The van der Waals surface area contributed by atoms with E-state index in [1.165, 1.54) is 11.1 Å². The van der Waals surface area contributed by atoms with Gasteiger partial charge in [0.15, 0.2) is 0 Å². The molecule has 3 rings (SSSR count). The van der Waals surface area contributed by atoms with Gasteiger partial charge >= 0.3 is 0 Å². The third-order valence-electron chi connectivity index (χ3n) is 4.23. The van der Waals surface area contributed by atoms with Crippen LogP contribution in [0.15, 0.2) is 46.9 Å². The Balaban J connectivity index is 1.94. The standard InChI is InChI=1S/C18H19BrFN/c1-2-10-21-18(14-8-5-9-16(19)17(14)20)15-11-12-6-3-4-7-13(12)15/h3-9,15,18,21H,2,10-11H2,1H3. The van der Waals surface area contributed by atoms with Gasteiger partial charge in [0, 0.05) is 17.5 Å². The number of halogens is 2. The first-order valence-electron chi connectivity index (χ1n) is 7.47. The van der Waals surface area contributed by atoms with Crippen LogP contribution in [0.2, 0.25) is 0 Å². The number of rotatable bonds is 5. The fourth-order valence-electron chi connectivity index (χ4n) is 3.12. The highest BCUT2D eigenvalue weighted by molar-refractivity contribution is 9.10. The maximum absolute atomic E-state index is 14.5. The quantitative estimate of drug-likeness (QED) is 0.805. The van der Waals surface area contributed by atoms with E-state index in [4.69, 9.17) is 0 Å². The molecule has 0 spiro atoms. The molecule has 2 atom stereocenters. The molecule has 1 nitrogen and oxygen atoms in total. The molecule has 0 radical (unpaired) electrons. The second-order valence-electron chi connectivity index (χ2n) is 5.58. The summed E-state index contributed by atoms with van der Waals surface area (Å²) < 4.78 is 15.0. The van der Waals surface area contributed by atoms with Crippen LogP contribution in [0, 0.1) is 5.82 Å². The van der Waals surface area contributed by atoms with Crippen molar-refractivity contribution in [2.45, 2.75) is 31.7 Å². The molecule has 1 aliphatic rings. The number of fused-ring (bicyclic) bond motifs is 1.